The molecule has 0 fully saturated rings. The largest absolute Gasteiger partial charge is 0.380 e. The number of fused-ring (bicyclic) bond motifs is 1. The van der Waals surface area contributed by atoms with Crippen molar-refractivity contribution in [2.24, 2.45) is 0 Å². The molecule has 0 spiro atoms. The van der Waals surface area contributed by atoms with Gasteiger partial charge in [-0.2, -0.15) is 0 Å². The molecule has 0 amide bonds. The summed E-state index contributed by atoms with van der Waals surface area (Å²) in [6, 6.07) is 8.54. The zero-order chi connectivity index (χ0) is 15.5. The first kappa shape index (κ1) is 15.8. The first-order valence-electron chi connectivity index (χ1n) is 7.63. The van der Waals surface area contributed by atoms with Gasteiger partial charge in [-0.3, -0.25) is 0 Å². The number of nitrogens with zero attached hydrogens (tertiary/aromatic N) is 1. The Bertz CT molecular complexity index is 614. The van der Waals surface area contributed by atoms with Gasteiger partial charge in [0.1, 0.15) is 5.82 Å². The van der Waals surface area contributed by atoms with Gasteiger partial charge in [-0.25, -0.2) is 4.98 Å². The molecule has 21 heavy (non-hydrogen) atoms. The lowest BCUT2D eigenvalue weighted by molar-refractivity contribution is 0.186. The predicted molar refractivity (Wildman–Crippen MR) is 89.9 cm³/mol. The van der Waals surface area contributed by atoms with Crippen LogP contribution in [0.2, 0.25) is 0 Å². The number of nitrogens with one attached hydrogen (secondary N) is 1. The molecule has 0 atom stereocenters. The second-order valence-corrected chi connectivity index (χ2v) is 6.48. The highest BCUT2D eigenvalue weighted by molar-refractivity contribution is 5.85. The summed E-state index contributed by atoms with van der Waals surface area (Å²) in [6.45, 7) is 10.4. The fourth-order valence-electron chi connectivity index (χ4n) is 2.48. The van der Waals surface area contributed by atoms with Crippen molar-refractivity contribution >= 4 is 16.7 Å². The fraction of sp³-hybridized carbons (Fsp3) is 0.500. The van der Waals surface area contributed by atoms with Crippen LogP contribution >= 0.6 is 0 Å². The van der Waals surface area contributed by atoms with E-state index in [1.54, 1.807) is 7.11 Å². The molecule has 0 saturated heterocycles. The van der Waals surface area contributed by atoms with Crippen molar-refractivity contribution in [3.05, 3.63) is 35.4 Å². The standard InChI is InChI=1S/C18H26N2O/c1-6-10-19-17-15(18(2,3)4)11-13-8-7-9-14(12-21-5)16(13)20-17/h7-9,11H,6,10,12H2,1-5H3,(H,19,20). The summed E-state index contributed by atoms with van der Waals surface area (Å²) in [4.78, 5) is 4.91. The maximum atomic E-state index is 5.29. The van der Waals surface area contributed by atoms with Crippen LogP contribution in [0.1, 0.15) is 45.2 Å². The minimum Gasteiger partial charge on any atom is -0.380 e. The average molecular weight is 286 g/mol. The molecule has 0 radical (unpaired) electrons. The maximum absolute atomic E-state index is 5.29. The Morgan fingerprint density at radius 3 is 2.62 bits per heavy atom. The Morgan fingerprint density at radius 2 is 2.00 bits per heavy atom. The molecule has 2 rings (SSSR count). The quantitative estimate of drug-likeness (QED) is 0.878. The van der Waals surface area contributed by atoms with Crippen molar-refractivity contribution in [1.82, 2.24) is 4.98 Å². The average Bonchev–Trinajstić information content (AvgIpc) is 2.44. The third-order valence-electron chi connectivity index (χ3n) is 3.58. The van der Waals surface area contributed by atoms with Crippen LogP contribution in [0, 0.1) is 0 Å². The lowest BCUT2D eigenvalue weighted by Crippen LogP contribution is -2.17. The molecule has 0 unspecified atom stereocenters. The minimum atomic E-state index is 0.0640. The van der Waals surface area contributed by atoms with Crippen LogP contribution in [-0.2, 0) is 16.8 Å². The van der Waals surface area contributed by atoms with Crippen LogP contribution in [0.15, 0.2) is 24.3 Å². The Morgan fingerprint density at radius 1 is 1.24 bits per heavy atom. The van der Waals surface area contributed by atoms with E-state index in [2.05, 4.69) is 57.3 Å². The van der Waals surface area contributed by atoms with Crippen molar-refractivity contribution in [2.45, 2.75) is 46.1 Å². The van der Waals surface area contributed by atoms with Crippen LogP contribution < -0.4 is 5.32 Å². The monoisotopic (exact) mass is 286 g/mol. The minimum absolute atomic E-state index is 0.0640. The van der Waals surface area contributed by atoms with Gasteiger partial charge < -0.3 is 10.1 Å². The smallest absolute Gasteiger partial charge is 0.130 e. The van der Waals surface area contributed by atoms with Crippen molar-refractivity contribution in [1.29, 1.82) is 0 Å². The molecule has 114 valence electrons. The van der Waals surface area contributed by atoms with E-state index in [1.807, 2.05) is 0 Å². The van der Waals surface area contributed by atoms with E-state index in [-0.39, 0.29) is 5.41 Å². The van der Waals surface area contributed by atoms with Crippen molar-refractivity contribution in [2.75, 3.05) is 19.0 Å². The normalized spacial score (nSPS) is 11.9. The zero-order valence-electron chi connectivity index (χ0n) is 13.8. The summed E-state index contributed by atoms with van der Waals surface area (Å²) in [5.74, 6) is 1.00. The highest BCUT2D eigenvalue weighted by atomic mass is 16.5. The van der Waals surface area contributed by atoms with Gasteiger partial charge in [-0.05, 0) is 17.9 Å². The molecule has 0 bridgehead atoms. The molecule has 2 aromatic rings. The number of benzene rings is 1. The van der Waals surface area contributed by atoms with E-state index in [9.17, 15) is 0 Å². The lowest BCUT2D eigenvalue weighted by atomic mass is 9.86. The summed E-state index contributed by atoms with van der Waals surface area (Å²) in [5, 5.41) is 4.66. The van der Waals surface area contributed by atoms with Gasteiger partial charge >= 0.3 is 0 Å². The Balaban J connectivity index is 2.62. The number of anilines is 1. The first-order chi connectivity index (χ1) is 9.97. The molecule has 3 heteroatoms. The Hall–Kier alpha value is -1.61. The molecule has 0 aliphatic carbocycles. The molecule has 3 nitrogen and oxygen atoms in total. The number of hydrogen-bond donors (Lipinski definition) is 1. The van der Waals surface area contributed by atoms with E-state index in [4.69, 9.17) is 9.72 Å². The molecule has 1 heterocycles. The Labute approximate surface area is 127 Å². The number of methoxy groups -OCH3 is 1. The van der Waals surface area contributed by atoms with Crippen LogP contribution in [0.5, 0.6) is 0 Å². The van der Waals surface area contributed by atoms with E-state index in [1.165, 1.54) is 10.9 Å². The predicted octanol–water partition coefficient (Wildman–Crippen LogP) is 4.50. The number of para-hydroxylation sites is 1. The van der Waals surface area contributed by atoms with Gasteiger partial charge in [-0.1, -0.05) is 45.9 Å². The van der Waals surface area contributed by atoms with Gasteiger partial charge in [0.2, 0.25) is 0 Å². The summed E-state index contributed by atoms with van der Waals surface area (Å²) < 4.78 is 5.29. The van der Waals surface area contributed by atoms with E-state index >= 15 is 0 Å². The van der Waals surface area contributed by atoms with E-state index in [0.717, 1.165) is 29.9 Å². The van der Waals surface area contributed by atoms with Crippen LogP contribution in [0.25, 0.3) is 10.9 Å². The van der Waals surface area contributed by atoms with Crippen LogP contribution in [-0.4, -0.2) is 18.6 Å². The van der Waals surface area contributed by atoms with Gasteiger partial charge in [-0.15, -0.1) is 0 Å². The SMILES string of the molecule is CCCNc1nc2c(COC)cccc2cc1C(C)(C)C. The molecule has 1 N–H and O–H groups in total. The molecule has 0 saturated carbocycles. The van der Waals surface area contributed by atoms with Gasteiger partial charge in [0.05, 0.1) is 12.1 Å². The molecular weight excluding hydrogens is 260 g/mol. The topological polar surface area (TPSA) is 34.2 Å². The van der Waals surface area contributed by atoms with E-state index in [0.29, 0.717) is 6.61 Å². The van der Waals surface area contributed by atoms with Gasteiger partial charge in [0.25, 0.3) is 0 Å². The zero-order valence-corrected chi connectivity index (χ0v) is 13.8. The van der Waals surface area contributed by atoms with Gasteiger partial charge in [0.15, 0.2) is 0 Å². The first-order valence-corrected chi connectivity index (χ1v) is 7.63. The highest BCUT2D eigenvalue weighted by Crippen LogP contribution is 2.32. The van der Waals surface area contributed by atoms with Crippen LogP contribution in [0.3, 0.4) is 0 Å². The lowest BCUT2D eigenvalue weighted by Gasteiger charge is -2.24. The van der Waals surface area contributed by atoms with Crippen LogP contribution in [0.4, 0.5) is 5.82 Å². The third kappa shape index (κ3) is 3.53. The number of aromatic nitrogens is 1. The summed E-state index contributed by atoms with van der Waals surface area (Å²) >= 11 is 0. The molecule has 0 aliphatic rings. The fourth-order valence-corrected chi connectivity index (χ4v) is 2.48. The highest BCUT2D eigenvalue weighted by Gasteiger charge is 2.20. The molecule has 0 aliphatic heterocycles. The summed E-state index contributed by atoms with van der Waals surface area (Å²) in [5.41, 5.74) is 3.49. The van der Waals surface area contributed by atoms with E-state index < -0.39 is 0 Å². The molecule has 1 aromatic heterocycles. The molecule has 1 aromatic carbocycles. The van der Waals surface area contributed by atoms with Crippen molar-refractivity contribution in [3.8, 4) is 0 Å². The maximum Gasteiger partial charge on any atom is 0.130 e. The number of pyridine rings is 1. The number of rotatable bonds is 5. The third-order valence-corrected chi connectivity index (χ3v) is 3.58. The van der Waals surface area contributed by atoms with Crippen molar-refractivity contribution in [3.63, 3.8) is 0 Å². The Kier molecular flexibility index (Phi) is 4.84. The summed E-state index contributed by atoms with van der Waals surface area (Å²) in [7, 11) is 1.72. The summed E-state index contributed by atoms with van der Waals surface area (Å²) in [6.07, 6.45) is 1.09. The van der Waals surface area contributed by atoms with Gasteiger partial charge in [0, 0.05) is 30.2 Å². The second-order valence-electron chi connectivity index (χ2n) is 6.48. The second kappa shape index (κ2) is 6.44. The number of ether oxygens (including phenoxy) is 1. The molecular formula is C18H26N2O. The number of hydrogen-bond acceptors (Lipinski definition) is 3. The van der Waals surface area contributed by atoms with Crippen molar-refractivity contribution < 1.29 is 4.74 Å².